The molecule has 3 heteroatoms. The Bertz CT molecular complexity index is 304. The van der Waals surface area contributed by atoms with Crippen molar-refractivity contribution in [3.8, 4) is 0 Å². The lowest BCUT2D eigenvalue weighted by Gasteiger charge is -2.29. The molecule has 1 unspecified atom stereocenters. The lowest BCUT2D eigenvalue weighted by molar-refractivity contribution is -0.196. The van der Waals surface area contributed by atoms with Crippen molar-refractivity contribution in [1.29, 1.82) is 0 Å². The van der Waals surface area contributed by atoms with Crippen LogP contribution in [0.15, 0.2) is 24.1 Å². The molecule has 0 N–H and O–H groups in total. The first-order chi connectivity index (χ1) is 8.78. The molecule has 0 aromatic heterocycles. The maximum Gasteiger partial charge on any atom is 0.157 e. The van der Waals surface area contributed by atoms with Gasteiger partial charge in [-0.3, -0.25) is 0 Å². The zero-order chi connectivity index (χ0) is 12.8. The molecule has 0 bridgehead atoms. The predicted octanol–water partition coefficient (Wildman–Crippen LogP) is 3.99. The molecular weight excluding hydrogens is 231 g/mol. The van der Waals surface area contributed by atoms with Crippen LogP contribution in [0.4, 0.5) is 4.39 Å². The predicted molar refractivity (Wildman–Crippen MR) is 69.8 cm³/mol. The Morgan fingerprint density at radius 1 is 1.33 bits per heavy atom. The number of halogens is 1. The Labute approximate surface area is 109 Å². The minimum Gasteiger partial charge on any atom is -0.352 e. The molecule has 102 valence electrons. The monoisotopic (exact) mass is 254 g/mol. The Morgan fingerprint density at radius 3 is 2.72 bits per heavy atom. The van der Waals surface area contributed by atoms with Crippen LogP contribution in [0.1, 0.15) is 39.0 Å². The van der Waals surface area contributed by atoms with Gasteiger partial charge in [0.05, 0.1) is 19.0 Å². The molecule has 0 spiro atoms. The molecule has 1 aliphatic heterocycles. The van der Waals surface area contributed by atoms with Crippen LogP contribution in [0, 0.1) is 11.8 Å². The maximum absolute atomic E-state index is 12.9. The van der Waals surface area contributed by atoms with E-state index in [1.54, 1.807) is 6.08 Å². The van der Waals surface area contributed by atoms with Crippen LogP contribution in [0.25, 0.3) is 0 Å². The SMILES string of the molecule is C/C=C/C1COC(CCC2CC=C(F)CC2)OC1. The van der Waals surface area contributed by atoms with Gasteiger partial charge < -0.3 is 9.47 Å². The summed E-state index contributed by atoms with van der Waals surface area (Å²) in [5.74, 6) is 1.06. The molecule has 2 aliphatic rings. The molecule has 0 amide bonds. The van der Waals surface area contributed by atoms with Crippen molar-refractivity contribution in [3.63, 3.8) is 0 Å². The summed E-state index contributed by atoms with van der Waals surface area (Å²) >= 11 is 0. The van der Waals surface area contributed by atoms with Crippen molar-refractivity contribution in [2.45, 2.75) is 45.3 Å². The van der Waals surface area contributed by atoms with E-state index in [0.29, 0.717) is 18.3 Å². The van der Waals surface area contributed by atoms with Crippen LogP contribution in [0.3, 0.4) is 0 Å². The van der Waals surface area contributed by atoms with E-state index in [9.17, 15) is 4.39 Å². The molecular formula is C15H23FO2. The molecule has 0 saturated carbocycles. The number of rotatable bonds is 4. The highest BCUT2D eigenvalue weighted by molar-refractivity contribution is 4.97. The molecule has 0 aromatic rings. The molecule has 2 rings (SSSR count). The van der Waals surface area contributed by atoms with Crippen LogP contribution in [-0.4, -0.2) is 19.5 Å². The fourth-order valence-corrected chi connectivity index (χ4v) is 2.60. The average Bonchev–Trinajstić information content (AvgIpc) is 2.40. The zero-order valence-electron chi connectivity index (χ0n) is 11.1. The standard InChI is InChI=1S/C15H23FO2/c1-2-3-13-10-17-15(18-11-13)9-6-12-4-7-14(16)8-5-12/h2-3,7,12-13,15H,4-6,8-11H2,1H3/b3-2+. The number of allylic oxidation sites excluding steroid dienone is 3. The Hall–Kier alpha value is -0.670. The molecule has 0 aromatic carbocycles. The van der Waals surface area contributed by atoms with Gasteiger partial charge in [0.1, 0.15) is 0 Å². The summed E-state index contributed by atoms with van der Waals surface area (Å²) in [6.07, 6.45) is 10.3. The van der Waals surface area contributed by atoms with Crippen LogP contribution in [0.2, 0.25) is 0 Å². The molecule has 18 heavy (non-hydrogen) atoms. The highest BCUT2D eigenvalue weighted by Crippen LogP contribution is 2.29. The van der Waals surface area contributed by atoms with Gasteiger partial charge in [-0.05, 0) is 44.9 Å². The summed E-state index contributed by atoms with van der Waals surface area (Å²) in [4.78, 5) is 0. The van der Waals surface area contributed by atoms with Crippen molar-refractivity contribution in [1.82, 2.24) is 0 Å². The van der Waals surface area contributed by atoms with Crippen LogP contribution < -0.4 is 0 Å². The highest BCUT2D eigenvalue weighted by atomic mass is 19.1. The van der Waals surface area contributed by atoms with E-state index >= 15 is 0 Å². The second-order valence-electron chi connectivity index (χ2n) is 5.25. The molecule has 0 radical (unpaired) electrons. The largest absolute Gasteiger partial charge is 0.352 e. The van der Waals surface area contributed by atoms with Gasteiger partial charge in [0.25, 0.3) is 0 Å². The van der Waals surface area contributed by atoms with Crippen molar-refractivity contribution in [2.24, 2.45) is 11.8 Å². The topological polar surface area (TPSA) is 18.5 Å². The van der Waals surface area contributed by atoms with Crippen LogP contribution >= 0.6 is 0 Å². The number of hydrogen-bond acceptors (Lipinski definition) is 2. The third-order valence-corrected chi connectivity index (χ3v) is 3.73. The van der Waals surface area contributed by atoms with E-state index < -0.39 is 0 Å². The van der Waals surface area contributed by atoms with Gasteiger partial charge in [0, 0.05) is 5.92 Å². The second-order valence-corrected chi connectivity index (χ2v) is 5.25. The molecule has 2 nitrogen and oxygen atoms in total. The summed E-state index contributed by atoms with van der Waals surface area (Å²) in [5, 5.41) is 0. The molecule has 1 atom stereocenters. The Kier molecular flexibility index (Phi) is 5.39. The van der Waals surface area contributed by atoms with Crippen LogP contribution in [0.5, 0.6) is 0 Å². The van der Waals surface area contributed by atoms with Crippen molar-refractivity contribution >= 4 is 0 Å². The third-order valence-electron chi connectivity index (χ3n) is 3.73. The quantitative estimate of drug-likeness (QED) is 0.706. The first-order valence-electron chi connectivity index (χ1n) is 6.98. The van der Waals surface area contributed by atoms with Gasteiger partial charge >= 0.3 is 0 Å². The van der Waals surface area contributed by atoms with E-state index in [4.69, 9.17) is 9.47 Å². The first-order valence-corrected chi connectivity index (χ1v) is 6.98. The number of hydrogen-bond donors (Lipinski definition) is 0. The Balaban J connectivity index is 1.63. The smallest absolute Gasteiger partial charge is 0.157 e. The highest BCUT2D eigenvalue weighted by Gasteiger charge is 2.22. The summed E-state index contributed by atoms with van der Waals surface area (Å²) in [7, 11) is 0. The van der Waals surface area contributed by atoms with E-state index in [-0.39, 0.29) is 12.1 Å². The molecule has 1 heterocycles. The van der Waals surface area contributed by atoms with Crippen molar-refractivity contribution in [3.05, 3.63) is 24.1 Å². The van der Waals surface area contributed by atoms with Crippen LogP contribution in [-0.2, 0) is 9.47 Å². The van der Waals surface area contributed by atoms with E-state index in [1.807, 2.05) is 13.0 Å². The van der Waals surface area contributed by atoms with E-state index in [2.05, 4.69) is 6.08 Å². The third kappa shape index (κ3) is 4.21. The Morgan fingerprint density at radius 2 is 2.11 bits per heavy atom. The minimum absolute atomic E-state index is 0.0535. The van der Waals surface area contributed by atoms with E-state index in [0.717, 1.165) is 38.9 Å². The fraction of sp³-hybridized carbons (Fsp3) is 0.733. The van der Waals surface area contributed by atoms with Gasteiger partial charge in [-0.15, -0.1) is 0 Å². The van der Waals surface area contributed by atoms with Gasteiger partial charge in [-0.1, -0.05) is 18.2 Å². The van der Waals surface area contributed by atoms with Gasteiger partial charge in [-0.2, -0.15) is 0 Å². The van der Waals surface area contributed by atoms with Gasteiger partial charge in [0.2, 0.25) is 0 Å². The summed E-state index contributed by atoms with van der Waals surface area (Å²) < 4.78 is 24.3. The summed E-state index contributed by atoms with van der Waals surface area (Å²) in [6.45, 7) is 3.53. The van der Waals surface area contributed by atoms with Crippen molar-refractivity contribution < 1.29 is 13.9 Å². The normalized spacial score (nSPS) is 33.7. The fourth-order valence-electron chi connectivity index (χ4n) is 2.60. The van der Waals surface area contributed by atoms with Crippen molar-refractivity contribution in [2.75, 3.05) is 13.2 Å². The lowest BCUT2D eigenvalue weighted by atomic mass is 9.89. The van der Waals surface area contributed by atoms with E-state index in [1.165, 1.54) is 0 Å². The zero-order valence-corrected chi connectivity index (χ0v) is 11.1. The molecule has 1 saturated heterocycles. The average molecular weight is 254 g/mol. The lowest BCUT2D eigenvalue weighted by Crippen LogP contribution is -2.31. The number of ether oxygens (including phenoxy) is 2. The minimum atomic E-state index is -0.0535. The summed E-state index contributed by atoms with van der Waals surface area (Å²) in [5.41, 5.74) is 0. The molecule has 1 aliphatic carbocycles. The van der Waals surface area contributed by atoms with Gasteiger partial charge in [0.15, 0.2) is 6.29 Å². The first kappa shape index (κ1) is 13.8. The maximum atomic E-state index is 12.9. The second kappa shape index (κ2) is 7.05. The molecule has 1 fully saturated rings. The van der Waals surface area contributed by atoms with Gasteiger partial charge in [-0.25, -0.2) is 4.39 Å². The summed E-state index contributed by atoms with van der Waals surface area (Å²) in [6, 6.07) is 0.